The summed E-state index contributed by atoms with van der Waals surface area (Å²) < 4.78 is 33.4. The average molecular weight is 379 g/mol. The Morgan fingerprint density at radius 2 is 2.10 bits per heavy atom. The maximum absolute atomic E-state index is 12.3. The van der Waals surface area contributed by atoms with Gasteiger partial charge in [-0.15, -0.1) is 11.3 Å². The van der Waals surface area contributed by atoms with Gasteiger partial charge in [0.2, 0.25) is 10.0 Å². The number of rotatable bonds is 6. The number of thiophene rings is 1. The van der Waals surface area contributed by atoms with Crippen molar-refractivity contribution in [2.24, 2.45) is 0 Å². The van der Waals surface area contributed by atoms with Crippen LogP contribution in [-0.4, -0.2) is 15.5 Å². The molecule has 2 aromatic heterocycles. The van der Waals surface area contributed by atoms with Crippen LogP contribution in [0.1, 0.15) is 16.4 Å². The summed E-state index contributed by atoms with van der Waals surface area (Å²) in [5.41, 5.74) is 0. The quantitative estimate of drug-likeness (QED) is 0.810. The first-order chi connectivity index (χ1) is 9.42. The number of furan rings is 1. The Morgan fingerprint density at radius 1 is 1.35 bits per heavy atom. The van der Waals surface area contributed by atoms with Crippen molar-refractivity contribution < 1.29 is 12.8 Å². The lowest BCUT2D eigenvalue weighted by molar-refractivity contribution is 0.465. The van der Waals surface area contributed by atoms with Crippen molar-refractivity contribution in [3.05, 3.63) is 38.4 Å². The van der Waals surface area contributed by atoms with Crippen LogP contribution in [0.4, 0.5) is 0 Å². The van der Waals surface area contributed by atoms with Gasteiger partial charge in [-0.3, -0.25) is 0 Å². The van der Waals surface area contributed by atoms with Crippen LogP contribution in [0.2, 0.25) is 0 Å². The molecule has 0 aromatic carbocycles. The van der Waals surface area contributed by atoms with Gasteiger partial charge in [-0.1, -0.05) is 0 Å². The van der Waals surface area contributed by atoms with Crippen LogP contribution in [0.25, 0.3) is 0 Å². The van der Waals surface area contributed by atoms with E-state index in [4.69, 9.17) is 4.42 Å². The van der Waals surface area contributed by atoms with E-state index in [0.717, 1.165) is 9.35 Å². The Morgan fingerprint density at radius 3 is 2.70 bits per heavy atom. The smallest absolute Gasteiger partial charge is 0.244 e. The topological polar surface area (TPSA) is 71.3 Å². The molecule has 0 atom stereocenters. The molecule has 8 heteroatoms. The molecule has 0 radical (unpaired) electrons. The molecule has 0 amide bonds. The minimum atomic E-state index is -3.56. The molecule has 5 nitrogen and oxygen atoms in total. The summed E-state index contributed by atoms with van der Waals surface area (Å²) in [4.78, 5) is 1.13. The Hall–Kier alpha value is -0.670. The third-order valence-corrected chi connectivity index (χ3v) is 5.83. The zero-order valence-corrected chi connectivity index (χ0v) is 14.3. The Bertz CT molecular complexity index is 691. The first-order valence-corrected chi connectivity index (χ1v) is 9.04. The summed E-state index contributed by atoms with van der Waals surface area (Å²) in [6.45, 7) is 2.41. The van der Waals surface area contributed by atoms with Crippen LogP contribution in [0.15, 0.2) is 31.3 Å². The predicted octanol–water partition coefficient (Wildman–Crippen LogP) is 2.61. The maximum Gasteiger partial charge on any atom is 0.244 e. The molecule has 0 saturated heterocycles. The molecule has 0 aliphatic rings. The molecule has 0 fully saturated rings. The number of sulfonamides is 1. The molecule has 0 bridgehead atoms. The molecule has 2 N–H and O–H groups in total. The highest BCUT2D eigenvalue weighted by atomic mass is 79.9. The fourth-order valence-corrected chi connectivity index (χ4v) is 4.43. The molecule has 0 saturated carbocycles. The second-order valence-corrected chi connectivity index (χ2v) is 7.87. The number of aryl methyl sites for hydroxylation is 1. The Kier molecular flexibility index (Phi) is 5.03. The van der Waals surface area contributed by atoms with Gasteiger partial charge in [0, 0.05) is 27.3 Å². The molecule has 2 heterocycles. The van der Waals surface area contributed by atoms with Gasteiger partial charge in [-0.05, 0) is 36.0 Å². The lowest BCUT2D eigenvalue weighted by atomic mass is 10.4. The second kappa shape index (κ2) is 6.40. The maximum atomic E-state index is 12.3. The molecular formula is C12H15BrN2O3S2. The van der Waals surface area contributed by atoms with Crippen molar-refractivity contribution in [3.63, 3.8) is 0 Å². The monoisotopic (exact) mass is 378 g/mol. The van der Waals surface area contributed by atoms with Crippen molar-refractivity contribution >= 4 is 37.3 Å². The lowest BCUT2D eigenvalue weighted by Gasteiger charge is -2.03. The van der Waals surface area contributed by atoms with E-state index in [2.05, 4.69) is 26.0 Å². The largest absolute Gasteiger partial charge is 0.464 e. The normalized spacial score (nSPS) is 11.9. The second-order valence-electron chi connectivity index (χ2n) is 4.22. The van der Waals surface area contributed by atoms with Crippen molar-refractivity contribution in [1.29, 1.82) is 0 Å². The fourth-order valence-electron chi connectivity index (χ4n) is 1.74. The van der Waals surface area contributed by atoms with Crippen molar-refractivity contribution in [3.8, 4) is 0 Å². The van der Waals surface area contributed by atoms with E-state index in [0.29, 0.717) is 18.1 Å². The van der Waals surface area contributed by atoms with Crippen LogP contribution in [0.5, 0.6) is 0 Å². The van der Waals surface area contributed by atoms with E-state index in [-0.39, 0.29) is 11.4 Å². The van der Waals surface area contributed by atoms with Gasteiger partial charge in [-0.2, -0.15) is 0 Å². The van der Waals surface area contributed by atoms with Gasteiger partial charge in [0.25, 0.3) is 0 Å². The van der Waals surface area contributed by atoms with Gasteiger partial charge >= 0.3 is 0 Å². The van der Waals surface area contributed by atoms with E-state index in [1.54, 1.807) is 20.0 Å². The molecular weight excluding hydrogens is 364 g/mol. The summed E-state index contributed by atoms with van der Waals surface area (Å²) in [6.07, 6.45) is 0. The molecule has 0 aliphatic heterocycles. The first kappa shape index (κ1) is 15.7. The standard InChI is InChI=1S/C12H15BrN2O3S2/c1-8-12(4-10(18-8)5-14-2)20(16,17)15-6-11-3-9(13)7-19-11/h3-4,7,14-15H,5-6H2,1-2H3. The van der Waals surface area contributed by atoms with Crippen LogP contribution in [0, 0.1) is 6.92 Å². The Labute approximate surface area is 130 Å². The van der Waals surface area contributed by atoms with E-state index in [1.165, 1.54) is 11.3 Å². The summed E-state index contributed by atoms with van der Waals surface area (Å²) in [5.74, 6) is 0.999. The third kappa shape index (κ3) is 3.70. The van der Waals surface area contributed by atoms with E-state index >= 15 is 0 Å². The SMILES string of the molecule is CNCc1cc(S(=O)(=O)NCc2cc(Br)cs2)c(C)o1. The molecule has 0 unspecified atom stereocenters. The van der Waals surface area contributed by atoms with Crippen molar-refractivity contribution in [2.75, 3.05) is 7.05 Å². The summed E-state index contributed by atoms with van der Waals surface area (Å²) in [5, 5.41) is 4.84. The molecule has 2 aromatic rings. The molecule has 0 aliphatic carbocycles. The number of nitrogens with one attached hydrogen (secondary N) is 2. The van der Waals surface area contributed by atoms with E-state index in [9.17, 15) is 8.42 Å². The molecule has 20 heavy (non-hydrogen) atoms. The minimum absolute atomic E-state index is 0.193. The first-order valence-electron chi connectivity index (χ1n) is 5.89. The van der Waals surface area contributed by atoms with Crippen molar-refractivity contribution in [1.82, 2.24) is 10.0 Å². The van der Waals surface area contributed by atoms with Crippen LogP contribution in [-0.2, 0) is 23.1 Å². The highest BCUT2D eigenvalue weighted by Crippen LogP contribution is 2.22. The van der Waals surface area contributed by atoms with Crippen molar-refractivity contribution in [2.45, 2.75) is 24.9 Å². The third-order valence-electron chi connectivity index (χ3n) is 2.62. The zero-order chi connectivity index (χ0) is 14.8. The average Bonchev–Trinajstić information content (AvgIpc) is 2.94. The minimum Gasteiger partial charge on any atom is -0.464 e. The van der Waals surface area contributed by atoms with Gasteiger partial charge in [0.15, 0.2) is 0 Å². The summed E-state index contributed by atoms with van der Waals surface area (Å²) >= 11 is 4.84. The predicted molar refractivity (Wildman–Crippen MR) is 82.3 cm³/mol. The number of halogens is 1. The van der Waals surface area contributed by atoms with E-state index in [1.807, 2.05) is 11.4 Å². The number of hydrogen-bond acceptors (Lipinski definition) is 5. The van der Waals surface area contributed by atoms with E-state index < -0.39 is 10.0 Å². The molecule has 110 valence electrons. The fraction of sp³-hybridized carbons (Fsp3) is 0.333. The van der Waals surface area contributed by atoms with Gasteiger partial charge < -0.3 is 9.73 Å². The van der Waals surface area contributed by atoms with Crippen LogP contribution in [0.3, 0.4) is 0 Å². The zero-order valence-electron chi connectivity index (χ0n) is 11.1. The molecule has 0 spiro atoms. The van der Waals surface area contributed by atoms with Crippen LogP contribution >= 0.6 is 27.3 Å². The summed E-state index contributed by atoms with van der Waals surface area (Å²) in [6, 6.07) is 3.44. The highest BCUT2D eigenvalue weighted by Gasteiger charge is 2.21. The summed E-state index contributed by atoms with van der Waals surface area (Å²) in [7, 11) is -1.78. The van der Waals surface area contributed by atoms with Crippen LogP contribution < -0.4 is 10.0 Å². The Balaban J connectivity index is 2.13. The van der Waals surface area contributed by atoms with Gasteiger partial charge in [-0.25, -0.2) is 13.1 Å². The van der Waals surface area contributed by atoms with Gasteiger partial charge in [0.05, 0.1) is 6.54 Å². The highest BCUT2D eigenvalue weighted by molar-refractivity contribution is 9.10. The van der Waals surface area contributed by atoms with Gasteiger partial charge in [0.1, 0.15) is 16.4 Å². The number of hydrogen-bond donors (Lipinski definition) is 2. The molecule has 2 rings (SSSR count). The lowest BCUT2D eigenvalue weighted by Crippen LogP contribution is -2.23.